The van der Waals surface area contributed by atoms with Crippen LogP contribution in [0.15, 0.2) is 65.6 Å². The molecular formula is C26H29N5O2. The molecule has 0 bridgehead atoms. The maximum absolute atomic E-state index is 13.3. The Morgan fingerprint density at radius 1 is 1.06 bits per heavy atom. The highest BCUT2D eigenvalue weighted by atomic mass is 16.2. The van der Waals surface area contributed by atoms with Crippen LogP contribution in [-0.4, -0.2) is 44.3 Å². The van der Waals surface area contributed by atoms with Gasteiger partial charge in [0.15, 0.2) is 0 Å². The van der Waals surface area contributed by atoms with Crippen molar-refractivity contribution in [1.82, 2.24) is 24.6 Å². The number of carbonyl (C=O) groups is 1. The highest BCUT2D eigenvalue weighted by Crippen LogP contribution is 2.29. The van der Waals surface area contributed by atoms with E-state index < -0.39 is 6.04 Å². The quantitative estimate of drug-likeness (QED) is 0.514. The highest BCUT2D eigenvalue weighted by molar-refractivity contribution is 6.08. The third-order valence-electron chi connectivity index (χ3n) is 6.76. The lowest BCUT2D eigenvalue weighted by Crippen LogP contribution is -2.46. The van der Waals surface area contributed by atoms with Crippen molar-refractivity contribution in [2.75, 3.05) is 13.1 Å². The molecule has 33 heavy (non-hydrogen) atoms. The SMILES string of the molecule is CC(C(=O)NC1CCN(Cc2ccccc2)CC1)n1c2ccccc2c2cnn(C)c(=O)c21. The summed E-state index contributed by atoms with van der Waals surface area (Å²) in [5.74, 6) is -0.0574. The van der Waals surface area contributed by atoms with E-state index in [-0.39, 0.29) is 17.5 Å². The van der Waals surface area contributed by atoms with Crippen molar-refractivity contribution in [3.63, 3.8) is 0 Å². The van der Waals surface area contributed by atoms with Gasteiger partial charge in [0.05, 0.1) is 11.7 Å². The van der Waals surface area contributed by atoms with Crippen LogP contribution < -0.4 is 10.9 Å². The number of aromatic nitrogens is 3. The normalized spacial score (nSPS) is 16.3. The van der Waals surface area contributed by atoms with Crippen molar-refractivity contribution in [2.45, 2.75) is 38.4 Å². The van der Waals surface area contributed by atoms with Gasteiger partial charge in [-0.3, -0.25) is 14.5 Å². The van der Waals surface area contributed by atoms with E-state index in [0.29, 0.717) is 5.52 Å². The summed E-state index contributed by atoms with van der Waals surface area (Å²) in [6.45, 7) is 4.72. The first-order valence-electron chi connectivity index (χ1n) is 11.5. The molecule has 5 rings (SSSR count). The van der Waals surface area contributed by atoms with Gasteiger partial charge in [0, 0.05) is 43.5 Å². The van der Waals surface area contributed by atoms with Crippen LogP contribution in [0.25, 0.3) is 21.8 Å². The molecule has 2 aromatic carbocycles. The number of hydrogen-bond acceptors (Lipinski definition) is 4. The monoisotopic (exact) mass is 443 g/mol. The third-order valence-corrected chi connectivity index (χ3v) is 6.76. The van der Waals surface area contributed by atoms with E-state index in [1.165, 1.54) is 10.2 Å². The Balaban J connectivity index is 1.33. The number of nitrogens with one attached hydrogen (secondary N) is 1. The standard InChI is InChI=1S/C26H29N5O2/c1-18(25(32)28-20-12-14-30(15-13-20)17-19-8-4-3-5-9-19)31-23-11-7-6-10-21(23)22-16-27-29(2)26(33)24(22)31/h3-11,16,18,20H,12-15,17H2,1-2H3,(H,28,32). The van der Waals surface area contributed by atoms with E-state index in [0.717, 1.165) is 48.8 Å². The fourth-order valence-electron chi connectivity index (χ4n) is 4.91. The van der Waals surface area contributed by atoms with E-state index in [4.69, 9.17) is 0 Å². The second-order valence-electron chi connectivity index (χ2n) is 8.94. The van der Waals surface area contributed by atoms with Gasteiger partial charge in [0.25, 0.3) is 5.56 Å². The Bertz CT molecular complexity index is 1350. The summed E-state index contributed by atoms with van der Waals surface area (Å²) in [6, 6.07) is 17.9. The zero-order valence-electron chi connectivity index (χ0n) is 19.1. The van der Waals surface area contributed by atoms with Crippen LogP contribution in [-0.2, 0) is 18.4 Å². The van der Waals surface area contributed by atoms with Gasteiger partial charge < -0.3 is 9.88 Å². The van der Waals surface area contributed by atoms with Crippen molar-refractivity contribution in [1.29, 1.82) is 0 Å². The Labute approximate surface area is 192 Å². The van der Waals surface area contributed by atoms with E-state index in [1.807, 2.05) is 41.8 Å². The van der Waals surface area contributed by atoms with Gasteiger partial charge in [0.2, 0.25) is 5.91 Å². The fraction of sp³-hybridized carbons (Fsp3) is 0.346. The number of rotatable bonds is 5. The first-order chi connectivity index (χ1) is 16.0. The first kappa shape index (κ1) is 21.4. The molecule has 3 heterocycles. The second kappa shape index (κ2) is 8.83. The molecule has 4 aromatic rings. The Morgan fingerprint density at radius 2 is 1.76 bits per heavy atom. The van der Waals surface area contributed by atoms with Gasteiger partial charge in [-0.25, -0.2) is 4.68 Å². The molecule has 0 spiro atoms. The van der Waals surface area contributed by atoms with Gasteiger partial charge in [-0.1, -0.05) is 48.5 Å². The van der Waals surface area contributed by atoms with Gasteiger partial charge in [-0.05, 0) is 31.4 Å². The minimum Gasteiger partial charge on any atom is -0.351 e. The van der Waals surface area contributed by atoms with Gasteiger partial charge in [0.1, 0.15) is 11.6 Å². The molecule has 0 radical (unpaired) electrons. The lowest BCUT2D eigenvalue weighted by Gasteiger charge is -2.33. The summed E-state index contributed by atoms with van der Waals surface area (Å²) in [5, 5.41) is 9.15. The number of piperidine rings is 1. The van der Waals surface area contributed by atoms with Crippen molar-refractivity contribution in [3.8, 4) is 0 Å². The number of amides is 1. The second-order valence-corrected chi connectivity index (χ2v) is 8.94. The summed E-state index contributed by atoms with van der Waals surface area (Å²) < 4.78 is 3.19. The number of hydrogen-bond donors (Lipinski definition) is 1. The lowest BCUT2D eigenvalue weighted by molar-refractivity contribution is -0.124. The van der Waals surface area contributed by atoms with E-state index in [1.54, 1.807) is 13.2 Å². The summed E-state index contributed by atoms with van der Waals surface area (Å²) in [7, 11) is 1.64. The van der Waals surface area contributed by atoms with E-state index in [2.05, 4.69) is 39.6 Å². The van der Waals surface area contributed by atoms with Gasteiger partial charge >= 0.3 is 0 Å². The van der Waals surface area contributed by atoms with Gasteiger partial charge in [-0.2, -0.15) is 5.10 Å². The van der Waals surface area contributed by atoms with Crippen molar-refractivity contribution in [3.05, 3.63) is 76.7 Å². The molecule has 7 heteroatoms. The Morgan fingerprint density at radius 3 is 2.52 bits per heavy atom. The molecule has 1 N–H and O–H groups in total. The predicted octanol–water partition coefficient (Wildman–Crippen LogP) is 3.23. The molecular weight excluding hydrogens is 414 g/mol. The molecule has 170 valence electrons. The number of likely N-dealkylation sites (tertiary alicyclic amines) is 1. The maximum atomic E-state index is 13.3. The molecule has 2 aromatic heterocycles. The number of carbonyl (C=O) groups excluding carboxylic acids is 1. The summed E-state index contributed by atoms with van der Waals surface area (Å²) in [4.78, 5) is 28.7. The van der Waals surface area contributed by atoms with Crippen LogP contribution in [0.5, 0.6) is 0 Å². The van der Waals surface area contributed by atoms with Crippen LogP contribution in [0.3, 0.4) is 0 Å². The maximum Gasteiger partial charge on any atom is 0.291 e. The number of aryl methyl sites for hydroxylation is 1. The largest absolute Gasteiger partial charge is 0.351 e. The third kappa shape index (κ3) is 4.04. The lowest BCUT2D eigenvalue weighted by atomic mass is 10.0. The highest BCUT2D eigenvalue weighted by Gasteiger charge is 2.26. The van der Waals surface area contributed by atoms with Crippen molar-refractivity contribution < 1.29 is 4.79 Å². The molecule has 1 atom stereocenters. The Hall–Kier alpha value is -3.45. The molecule has 1 unspecified atom stereocenters. The van der Waals surface area contributed by atoms with Crippen LogP contribution in [0.2, 0.25) is 0 Å². The van der Waals surface area contributed by atoms with Crippen LogP contribution in [0.4, 0.5) is 0 Å². The average Bonchev–Trinajstić information content (AvgIpc) is 3.18. The summed E-state index contributed by atoms with van der Waals surface area (Å²) in [6.07, 6.45) is 3.55. The molecule has 1 aliphatic rings. The molecule has 0 aliphatic carbocycles. The van der Waals surface area contributed by atoms with E-state index >= 15 is 0 Å². The van der Waals surface area contributed by atoms with Crippen LogP contribution in [0, 0.1) is 0 Å². The minimum absolute atomic E-state index is 0.0574. The first-order valence-corrected chi connectivity index (χ1v) is 11.5. The molecule has 1 fully saturated rings. The fourth-order valence-corrected chi connectivity index (χ4v) is 4.91. The number of fused-ring (bicyclic) bond motifs is 3. The number of nitrogens with zero attached hydrogens (tertiary/aromatic N) is 4. The summed E-state index contributed by atoms with van der Waals surface area (Å²) >= 11 is 0. The molecule has 1 amide bonds. The smallest absolute Gasteiger partial charge is 0.291 e. The van der Waals surface area contributed by atoms with Crippen LogP contribution >= 0.6 is 0 Å². The molecule has 0 saturated carbocycles. The zero-order valence-corrected chi connectivity index (χ0v) is 19.1. The van der Waals surface area contributed by atoms with Crippen molar-refractivity contribution in [2.24, 2.45) is 7.05 Å². The minimum atomic E-state index is -0.509. The van der Waals surface area contributed by atoms with E-state index in [9.17, 15) is 9.59 Å². The number of benzene rings is 2. The average molecular weight is 444 g/mol. The Kier molecular flexibility index (Phi) is 5.72. The summed E-state index contributed by atoms with van der Waals surface area (Å²) in [5.41, 5.74) is 2.51. The zero-order chi connectivity index (χ0) is 22.9. The van der Waals surface area contributed by atoms with Crippen molar-refractivity contribution >= 4 is 27.7 Å². The predicted molar refractivity (Wildman–Crippen MR) is 130 cm³/mol. The number of para-hydroxylation sites is 1. The van der Waals surface area contributed by atoms with Gasteiger partial charge in [-0.15, -0.1) is 0 Å². The molecule has 1 saturated heterocycles. The topological polar surface area (TPSA) is 72.2 Å². The van der Waals surface area contributed by atoms with Crippen LogP contribution in [0.1, 0.15) is 31.4 Å². The molecule has 7 nitrogen and oxygen atoms in total. The molecule has 1 aliphatic heterocycles.